The van der Waals surface area contributed by atoms with E-state index in [1.807, 2.05) is 17.9 Å². The number of ether oxygens (including phenoxy) is 1. The van der Waals surface area contributed by atoms with E-state index in [2.05, 4.69) is 5.32 Å². The summed E-state index contributed by atoms with van der Waals surface area (Å²) in [7, 11) is 1.56. The number of hydrogen-bond acceptors (Lipinski definition) is 5. The number of ketones is 1. The van der Waals surface area contributed by atoms with Crippen molar-refractivity contribution in [3.8, 4) is 5.75 Å². The molecule has 2 aromatic carbocycles. The van der Waals surface area contributed by atoms with Crippen molar-refractivity contribution in [3.63, 3.8) is 0 Å². The maximum atomic E-state index is 14.5. The fraction of sp³-hybridized carbons (Fsp3) is 0.483. The second-order valence-corrected chi connectivity index (χ2v) is 12.0. The van der Waals surface area contributed by atoms with Crippen molar-refractivity contribution in [1.29, 1.82) is 0 Å². The molecule has 1 saturated carbocycles. The first kappa shape index (κ1) is 27.9. The predicted octanol–water partition coefficient (Wildman–Crippen LogP) is 5.30. The van der Waals surface area contributed by atoms with E-state index in [0.29, 0.717) is 42.5 Å². The Labute approximate surface area is 237 Å². The number of halogens is 3. The van der Waals surface area contributed by atoms with E-state index in [4.69, 9.17) is 27.9 Å². The molecule has 1 N–H and O–H groups in total. The van der Waals surface area contributed by atoms with Crippen LogP contribution in [0.2, 0.25) is 10.0 Å². The highest BCUT2D eigenvalue weighted by Gasteiger charge is 2.57. The lowest BCUT2D eigenvalue weighted by atomic mass is 9.72. The molecular weight excluding hydrogens is 544 g/mol. The van der Waals surface area contributed by atoms with Gasteiger partial charge in [0.05, 0.1) is 10.0 Å². The second-order valence-electron chi connectivity index (χ2n) is 11.2. The lowest BCUT2D eigenvalue weighted by Crippen LogP contribution is -2.62. The van der Waals surface area contributed by atoms with Crippen LogP contribution in [-0.4, -0.2) is 66.3 Å². The van der Waals surface area contributed by atoms with Gasteiger partial charge in [-0.25, -0.2) is 9.18 Å². The maximum absolute atomic E-state index is 14.5. The standard InChI is InChI=1S/C29H32Cl2FN3O4/c1-28(11-12-28)26(37)35-13-9-18(10-14-35)25(36)29(34(2)27(38)39-21-6-4-20(32)5-7-21)17-33-16-22(29)19-3-8-23(30)24(31)15-19/h3-8,15,18,22,33H,9-14,16-17H2,1-2H3/t22-,29-/m1/s1. The van der Waals surface area contributed by atoms with Gasteiger partial charge in [-0.1, -0.05) is 36.2 Å². The van der Waals surface area contributed by atoms with Crippen LogP contribution in [0.5, 0.6) is 5.75 Å². The normalized spacial score (nSPS) is 24.3. The van der Waals surface area contributed by atoms with Gasteiger partial charge in [0.15, 0.2) is 5.78 Å². The molecular formula is C29H32Cl2FN3O4. The second kappa shape index (κ2) is 10.7. The third-order valence-electron chi connectivity index (χ3n) is 8.65. The lowest BCUT2D eigenvalue weighted by molar-refractivity contribution is -0.142. The molecule has 0 spiro atoms. The Bertz CT molecular complexity index is 1280. The highest BCUT2D eigenvalue weighted by molar-refractivity contribution is 6.42. The molecule has 39 heavy (non-hydrogen) atoms. The summed E-state index contributed by atoms with van der Waals surface area (Å²) in [6.45, 7) is 3.68. The van der Waals surface area contributed by atoms with Crippen molar-refractivity contribution >= 4 is 41.0 Å². The van der Waals surface area contributed by atoms with Crippen molar-refractivity contribution in [3.05, 3.63) is 63.9 Å². The smallest absolute Gasteiger partial charge is 0.410 e. The van der Waals surface area contributed by atoms with E-state index in [1.165, 1.54) is 29.2 Å². The van der Waals surface area contributed by atoms with Gasteiger partial charge in [0, 0.05) is 50.5 Å². The van der Waals surface area contributed by atoms with E-state index in [-0.39, 0.29) is 35.3 Å². The molecule has 2 atom stereocenters. The number of likely N-dealkylation sites (tertiary alicyclic amines) is 1. The zero-order chi connectivity index (χ0) is 27.9. The lowest BCUT2D eigenvalue weighted by Gasteiger charge is -2.44. The molecule has 0 bridgehead atoms. The number of carbonyl (C=O) groups is 3. The number of benzene rings is 2. The molecule has 3 fully saturated rings. The number of amides is 2. The minimum absolute atomic E-state index is 0.0770. The third kappa shape index (κ3) is 5.26. The first-order valence-corrected chi connectivity index (χ1v) is 14.0. The molecule has 0 unspecified atom stereocenters. The zero-order valence-corrected chi connectivity index (χ0v) is 23.5. The van der Waals surface area contributed by atoms with Crippen LogP contribution in [0, 0.1) is 17.2 Å². The van der Waals surface area contributed by atoms with Crippen LogP contribution in [0.25, 0.3) is 0 Å². The number of hydrogen-bond donors (Lipinski definition) is 1. The molecule has 2 heterocycles. The van der Waals surface area contributed by atoms with Gasteiger partial charge in [-0.15, -0.1) is 0 Å². The zero-order valence-electron chi connectivity index (χ0n) is 22.0. The number of nitrogens with one attached hydrogen (secondary N) is 1. The van der Waals surface area contributed by atoms with Gasteiger partial charge in [-0.3, -0.25) is 14.5 Å². The highest BCUT2D eigenvalue weighted by atomic mass is 35.5. The molecule has 0 radical (unpaired) electrons. The predicted molar refractivity (Wildman–Crippen MR) is 147 cm³/mol. The summed E-state index contributed by atoms with van der Waals surface area (Å²) in [5, 5.41) is 4.08. The van der Waals surface area contributed by atoms with Gasteiger partial charge in [0.2, 0.25) is 5.91 Å². The molecule has 2 aromatic rings. The average Bonchev–Trinajstić information content (AvgIpc) is 3.53. The van der Waals surface area contributed by atoms with E-state index >= 15 is 0 Å². The van der Waals surface area contributed by atoms with E-state index in [0.717, 1.165) is 18.4 Å². The molecule has 208 valence electrons. The Morgan fingerprint density at radius 2 is 1.72 bits per heavy atom. The van der Waals surface area contributed by atoms with Gasteiger partial charge in [0.1, 0.15) is 17.1 Å². The molecule has 1 aliphatic carbocycles. The average molecular weight is 576 g/mol. The van der Waals surface area contributed by atoms with Crippen LogP contribution in [0.4, 0.5) is 9.18 Å². The molecule has 7 nitrogen and oxygen atoms in total. The summed E-state index contributed by atoms with van der Waals surface area (Å²) in [4.78, 5) is 44.1. The van der Waals surface area contributed by atoms with Crippen LogP contribution in [0.1, 0.15) is 44.1 Å². The molecule has 0 aromatic heterocycles. The third-order valence-corrected chi connectivity index (χ3v) is 9.39. The summed E-state index contributed by atoms with van der Waals surface area (Å²) in [6.07, 6.45) is 2.14. The first-order chi connectivity index (χ1) is 18.5. The largest absolute Gasteiger partial charge is 0.415 e. The topological polar surface area (TPSA) is 79.0 Å². The number of rotatable bonds is 6. The summed E-state index contributed by atoms with van der Waals surface area (Å²) in [5.74, 6) is -0.947. The minimum atomic E-state index is -1.27. The molecule has 2 aliphatic heterocycles. The van der Waals surface area contributed by atoms with Gasteiger partial charge < -0.3 is 15.0 Å². The quantitative estimate of drug-likeness (QED) is 0.506. The minimum Gasteiger partial charge on any atom is -0.410 e. The number of piperidine rings is 1. The Morgan fingerprint density at radius 1 is 1.05 bits per heavy atom. The number of likely N-dealkylation sites (N-methyl/N-ethyl adjacent to an activating group) is 1. The molecule has 2 amide bonds. The Balaban J connectivity index is 1.43. The van der Waals surface area contributed by atoms with Gasteiger partial charge >= 0.3 is 6.09 Å². The Morgan fingerprint density at radius 3 is 2.33 bits per heavy atom. The summed E-state index contributed by atoms with van der Waals surface area (Å²) in [6, 6.07) is 10.4. The van der Waals surface area contributed by atoms with Crippen LogP contribution >= 0.6 is 23.2 Å². The van der Waals surface area contributed by atoms with Crippen molar-refractivity contribution in [1.82, 2.24) is 15.1 Å². The Kier molecular flexibility index (Phi) is 7.65. The maximum Gasteiger partial charge on any atom is 0.415 e. The van der Waals surface area contributed by atoms with E-state index < -0.39 is 23.4 Å². The summed E-state index contributed by atoms with van der Waals surface area (Å²) < 4.78 is 19.0. The highest BCUT2D eigenvalue weighted by Crippen LogP contribution is 2.47. The molecule has 5 rings (SSSR count). The van der Waals surface area contributed by atoms with Crippen LogP contribution < -0.4 is 10.1 Å². The van der Waals surface area contributed by atoms with Crippen molar-refractivity contribution in [2.24, 2.45) is 11.3 Å². The van der Waals surface area contributed by atoms with Gasteiger partial charge in [-0.2, -0.15) is 0 Å². The first-order valence-electron chi connectivity index (χ1n) is 13.3. The summed E-state index contributed by atoms with van der Waals surface area (Å²) >= 11 is 12.5. The number of Topliss-reactive ketones (excluding diaryl/α,β-unsaturated/α-hetero) is 1. The van der Waals surface area contributed by atoms with Crippen molar-refractivity contribution < 1.29 is 23.5 Å². The van der Waals surface area contributed by atoms with E-state index in [1.54, 1.807) is 19.2 Å². The SMILES string of the molecule is CN(C(=O)Oc1ccc(F)cc1)[C@]1(C(=O)C2CCN(C(=O)C3(C)CC3)CC2)CNC[C@@H]1c1ccc(Cl)c(Cl)c1. The molecule has 10 heteroatoms. The number of nitrogens with zero attached hydrogens (tertiary/aromatic N) is 2. The van der Waals surface area contributed by atoms with Crippen LogP contribution in [0.15, 0.2) is 42.5 Å². The molecule has 2 saturated heterocycles. The fourth-order valence-corrected chi connectivity index (χ4v) is 6.22. The fourth-order valence-electron chi connectivity index (χ4n) is 5.91. The molecule has 3 aliphatic rings. The van der Waals surface area contributed by atoms with Crippen LogP contribution in [-0.2, 0) is 9.59 Å². The summed E-state index contributed by atoms with van der Waals surface area (Å²) in [5.41, 5.74) is -0.747. The van der Waals surface area contributed by atoms with Crippen molar-refractivity contribution in [2.75, 3.05) is 33.2 Å². The van der Waals surface area contributed by atoms with E-state index in [9.17, 15) is 18.8 Å². The van der Waals surface area contributed by atoms with Gasteiger partial charge in [0.25, 0.3) is 0 Å². The monoisotopic (exact) mass is 575 g/mol. The Hall–Kier alpha value is -2.68. The number of carbonyl (C=O) groups excluding carboxylic acids is 3. The van der Waals surface area contributed by atoms with Crippen molar-refractivity contribution in [2.45, 2.75) is 44.1 Å². The van der Waals surface area contributed by atoms with Gasteiger partial charge in [-0.05, 0) is 67.6 Å². The van der Waals surface area contributed by atoms with Crippen LogP contribution in [0.3, 0.4) is 0 Å².